The Morgan fingerprint density at radius 2 is 2.00 bits per heavy atom. The highest BCUT2D eigenvalue weighted by molar-refractivity contribution is 5.64. The number of rotatable bonds is 6. The Kier molecular flexibility index (Phi) is 4.45. The molecule has 0 radical (unpaired) electrons. The smallest absolute Gasteiger partial charge is 0.182 e. The molecule has 6 heteroatoms. The lowest BCUT2D eigenvalue weighted by Gasteiger charge is -2.25. The monoisotopic (exact) mass is 289 g/mol. The minimum atomic E-state index is -0.149. The summed E-state index contributed by atoms with van der Waals surface area (Å²) in [6.07, 6.45) is 2.05. The van der Waals surface area contributed by atoms with Crippen LogP contribution in [0.25, 0.3) is 11.4 Å². The minimum Gasteiger partial charge on any atom is -0.494 e. The molecule has 0 amide bonds. The second-order valence-electron chi connectivity index (χ2n) is 5.70. The molecule has 0 fully saturated rings. The fourth-order valence-electron chi connectivity index (χ4n) is 2.49. The number of benzene rings is 1. The maximum absolute atomic E-state index is 5.96. The van der Waals surface area contributed by atoms with Crippen LogP contribution in [0.4, 0.5) is 5.69 Å². The highest BCUT2D eigenvalue weighted by atomic mass is 16.5. The van der Waals surface area contributed by atoms with Crippen LogP contribution in [-0.2, 0) is 5.54 Å². The maximum atomic E-state index is 5.96. The Morgan fingerprint density at radius 3 is 2.67 bits per heavy atom. The summed E-state index contributed by atoms with van der Waals surface area (Å²) in [5.41, 5.74) is 7.31. The van der Waals surface area contributed by atoms with Gasteiger partial charge in [-0.25, -0.2) is 4.68 Å². The van der Waals surface area contributed by atoms with Crippen molar-refractivity contribution >= 4 is 5.69 Å². The Morgan fingerprint density at radius 1 is 1.24 bits per heavy atom. The second kappa shape index (κ2) is 6.11. The van der Waals surface area contributed by atoms with E-state index in [9.17, 15) is 0 Å². The molecule has 0 saturated carbocycles. The van der Waals surface area contributed by atoms with E-state index in [4.69, 9.17) is 10.5 Å². The van der Waals surface area contributed by atoms with Gasteiger partial charge in [-0.15, -0.1) is 5.10 Å². The summed E-state index contributed by atoms with van der Waals surface area (Å²) >= 11 is 0. The molecule has 0 bridgehead atoms. The number of nitrogens with two attached hydrogens (primary N) is 1. The molecule has 2 N–H and O–H groups in total. The molecule has 0 aliphatic heterocycles. The molecule has 0 atom stereocenters. The quantitative estimate of drug-likeness (QED) is 0.827. The van der Waals surface area contributed by atoms with Crippen molar-refractivity contribution in [1.82, 2.24) is 20.2 Å². The molecule has 0 spiro atoms. The largest absolute Gasteiger partial charge is 0.494 e. The van der Waals surface area contributed by atoms with Gasteiger partial charge in [-0.05, 0) is 49.8 Å². The Bertz CT molecular complexity index is 606. The maximum Gasteiger partial charge on any atom is 0.182 e. The van der Waals surface area contributed by atoms with E-state index in [1.54, 1.807) is 6.07 Å². The van der Waals surface area contributed by atoms with Crippen LogP contribution in [0.2, 0.25) is 0 Å². The zero-order chi connectivity index (χ0) is 15.5. The third-order valence-electron chi connectivity index (χ3n) is 3.40. The van der Waals surface area contributed by atoms with Gasteiger partial charge in [0.05, 0.1) is 12.1 Å². The van der Waals surface area contributed by atoms with Gasteiger partial charge >= 0.3 is 0 Å². The van der Waals surface area contributed by atoms with Crippen LogP contribution in [0, 0.1) is 0 Å². The zero-order valence-electron chi connectivity index (χ0n) is 13.1. The van der Waals surface area contributed by atoms with Crippen LogP contribution >= 0.6 is 0 Å². The number of nitrogens with zero attached hydrogens (tertiary/aromatic N) is 4. The molecule has 0 saturated heterocycles. The van der Waals surface area contributed by atoms with Crippen LogP contribution in [0.5, 0.6) is 5.75 Å². The van der Waals surface area contributed by atoms with Gasteiger partial charge in [0.2, 0.25) is 0 Å². The van der Waals surface area contributed by atoms with Crippen molar-refractivity contribution in [2.75, 3.05) is 12.3 Å². The van der Waals surface area contributed by atoms with E-state index in [-0.39, 0.29) is 5.54 Å². The number of aromatic nitrogens is 4. The van der Waals surface area contributed by atoms with Crippen LogP contribution in [0.1, 0.15) is 40.5 Å². The molecular formula is C15H23N5O. The molecule has 1 aromatic heterocycles. The summed E-state index contributed by atoms with van der Waals surface area (Å²) in [4.78, 5) is 0. The predicted molar refractivity (Wildman–Crippen MR) is 83.1 cm³/mol. The second-order valence-corrected chi connectivity index (χ2v) is 5.70. The summed E-state index contributed by atoms with van der Waals surface area (Å²) in [5, 5.41) is 12.2. The standard InChI is InChI=1S/C15H23N5O/c1-5-7-15(3,4)20-14(17-18-19-20)11-8-12(16)10-13(9-11)21-6-2/h8-10H,5-7,16H2,1-4H3. The number of hydrogen-bond donors (Lipinski definition) is 1. The third kappa shape index (κ3) is 3.32. The van der Waals surface area contributed by atoms with Gasteiger partial charge in [0.15, 0.2) is 5.82 Å². The summed E-state index contributed by atoms with van der Waals surface area (Å²) in [6, 6.07) is 5.59. The molecule has 0 unspecified atom stereocenters. The first-order valence-corrected chi connectivity index (χ1v) is 7.30. The molecule has 0 aliphatic rings. The van der Waals surface area contributed by atoms with Crippen molar-refractivity contribution in [1.29, 1.82) is 0 Å². The van der Waals surface area contributed by atoms with Crippen LogP contribution in [0.15, 0.2) is 18.2 Å². The predicted octanol–water partition coefficient (Wildman–Crippen LogP) is 2.86. The fraction of sp³-hybridized carbons (Fsp3) is 0.533. The average molecular weight is 289 g/mol. The lowest BCUT2D eigenvalue weighted by Crippen LogP contribution is -2.28. The van der Waals surface area contributed by atoms with Crippen molar-refractivity contribution in [2.45, 2.75) is 46.1 Å². The fourth-order valence-corrected chi connectivity index (χ4v) is 2.49. The molecule has 6 nitrogen and oxygen atoms in total. The van der Waals surface area contributed by atoms with E-state index in [0.29, 0.717) is 18.1 Å². The zero-order valence-corrected chi connectivity index (χ0v) is 13.1. The van der Waals surface area contributed by atoms with E-state index in [2.05, 4.69) is 36.3 Å². The number of tetrazole rings is 1. The van der Waals surface area contributed by atoms with Gasteiger partial charge < -0.3 is 10.5 Å². The molecule has 114 valence electrons. The van der Waals surface area contributed by atoms with E-state index in [0.717, 1.165) is 24.2 Å². The van der Waals surface area contributed by atoms with Gasteiger partial charge in [-0.3, -0.25) is 0 Å². The lowest BCUT2D eigenvalue weighted by molar-refractivity contribution is 0.289. The van der Waals surface area contributed by atoms with Gasteiger partial charge in [0.1, 0.15) is 5.75 Å². The van der Waals surface area contributed by atoms with Crippen molar-refractivity contribution in [3.63, 3.8) is 0 Å². The van der Waals surface area contributed by atoms with Gasteiger partial charge in [0.25, 0.3) is 0 Å². The molecule has 2 aromatic rings. The Balaban J connectivity index is 2.46. The summed E-state index contributed by atoms with van der Waals surface area (Å²) in [6.45, 7) is 8.95. The summed E-state index contributed by atoms with van der Waals surface area (Å²) < 4.78 is 7.40. The van der Waals surface area contributed by atoms with E-state index in [1.165, 1.54) is 0 Å². The van der Waals surface area contributed by atoms with Crippen LogP contribution in [0.3, 0.4) is 0 Å². The van der Waals surface area contributed by atoms with E-state index >= 15 is 0 Å². The van der Waals surface area contributed by atoms with Crippen molar-refractivity contribution in [3.05, 3.63) is 18.2 Å². The number of ether oxygens (including phenoxy) is 1. The van der Waals surface area contributed by atoms with E-state index < -0.39 is 0 Å². The number of hydrogen-bond acceptors (Lipinski definition) is 5. The van der Waals surface area contributed by atoms with Crippen molar-refractivity contribution in [2.24, 2.45) is 0 Å². The number of nitrogen functional groups attached to an aromatic ring is 1. The van der Waals surface area contributed by atoms with Gasteiger partial charge in [0, 0.05) is 17.3 Å². The third-order valence-corrected chi connectivity index (χ3v) is 3.40. The molecule has 2 rings (SSSR count). The molecular weight excluding hydrogens is 266 g/mol. The highest BCUT2D eigenvalue weighted by Gasteiger charge is 2.25. The van der Waals surface area contributed by atoms with Crippen molar-refractivity contribution < 1.29 is 4.74 Å². The average Bonchev–Trinajstić information content (AvgIpc) is 2.88. The highest BCUT2D eigenvalue weighted by Crippen LogP contribution is 2.30. The minimum absolute atomic E-state index is 0.149. The lowest BCUT2D eigenvalue weighted by atomic mass is 9.98. The molecule has 21 heavy (non-hydrogen) atoms. The number of anilines is 1. The van der Waals surface area contributed by atoms with Crippen LogP contribution in [-0.4, -0.2) is 26.8 Å². The first-order chi connectivity index (χ1) is 9.97. The SMILES string of the molecule is CCCC(C)(C)n1nnnc1-c1cc(N)cc(OCC)c1. The molecule has 0 aliphatic carbocycles. The molecule has 1 aromatic carbocycles. The van der Waals surface area contributed by atoms with Crippen molar-refractivity contribution in [3.8, 4) is 17.1 Å². The first-order valence-electron chi connectivity index (χ1n) is 7.30. The summed E-state index contributed by atoms with van der Waals surface area (Å²) in [7, 11) is 0. The van der Waals surface area contributed by atoms with Crippen LogP contribution < -0.4 is 10.5 Å². The molecule has 1 heterocycles. The van der Waals surface area contributed by atoms with E-state index in [1.807, 2.05) is 23.7 Å². The Hall–Kier alpha value is -2.11. The topological polar surface area (TPSA) is 78.9 Å². The normalized spacial score (nSPS) is 11.6. The first kappa shape index (κ1) is 15.3. The van der Waals surface area contributed by atoms with Gasteiger partial charge in [-0.1, -0.05) is 13.3 Å². The Labute approximate surface area is 125 Å². The summed E-state index contributed by atoms with van der Waals surface area (Å²) in [5.74, 6) is 1.44. The van der Waals surface area contributed by atoms with Gasteiger partial charge in [-0.2, -0.15) is 0 Å².